The quantitative estimate of drug-likeness (QED) is 0.734. The molecule has 0 aromatic rings. The molecule has 16 heavy (non-hydrogen) atoms. The van der Waals surface area contributed by atoms with Crippen LogP contribution in [0.4, 0.5) is 0 Å². The predicted molar refractivity (Wildman–Crippen MR) is 64.3 cm³/mol. The van der Waals surface area contributed by atoms with Crippen LogP contribution in [-0.4, -0.2) is 61.0 Å². The highest BCUT2D eigenvalue weighted by Gasteiger charge is 2.37. The average molecular weight is 225 g/mol. The Morgan fingerprint density at radius 3 is 2.62 bits per heavy atom. The van der Waals surface area contributed by atoms with Gasteiger partial charge in [-0.2, -0.15) is 0 Å². The summed E-state index contributed by atoms with van der Waals surface area (Å²) >= 11 is 0. The zero-order valence-corrected chi connectivity index (χ0v) is 10.6. The molecule has 3 atom stereocenters. The van der Waals surface area contributed by atoms with Crippen LogP contribution in [0.2, 0.25) is 0 Å². The fourth-order valence-corrected chi connectivity index (χ4v) is 2.88. The van der Waals surface area contributed by atoms with E-state index in [0.717, 1.165) is 32.4 Å². The average Bonchev–Trinajstić information content (AvgIpc) is 2.64. The van der Waals surface area contributed by atoms with Crippen LogP contribution in [-0.2, 0) is 4.79 Å². The van der Waals surface area contributed by atoms with Gasteiger partial charge < -0.3 is 15.1 Å². The molecule has 0 saturated carbocycles. The van der Waals surface area contributed by atoms with Crippen LogP contribution in [0.5, 0.6) is 0 Å². The molecule has 2 fully saturated rings. The lowest BCUT2D eigenvalue weighted by molar-refractivity contribution is -0.132. The van der Waals surface area contributed by atoms with Crippen molar-refractivity contribution in [2.24, 2.45) is 0 Å². The summed E-state index contributed by atoms with van der Waals surface area (Å²) in [4.78, 5) is 16.6. The van der Waals surface area contributed by atoms with E-state index in [4.69, 9.17) is 0 Å². The molecule has 2 saturated heterocycles. The molecule has 92 valence electrons. The number of likely N-dealkylation sites (N-methyl/N-ethyl adjacent to an activating group) is 1. The predicted octanol–water partition coefficient (Wildman–Crippen LogP) is 0.289. The first-order valence-corrected chi connectivity index (χ1v) is 6.31. The van der Waals surface area contributed by atoms with E-state index in [-0.39, 0.29) is 6.04 Å². The van der Waals surface area contributed by atoms with Crippen molar-refractivity contribution in [2.45, 2.75) is 44.3 Å². The first-order valence-electron chi connectivity index (χ1n) is 6.31. The standard InChI is InChI=1S/C12H23N3O/c1-9-8-10(4-6-14(9)3)15-7-5-11(13-2)12(15)16/h9-11,13H,4-8H2,1-3H3. The topological polar surface area (TPSA) is 35.6 Å². The number of carbonyl (C=O) groups is 1. The third-order valence-electron chi connectivity index (χ3n) is 4.21. The number of amides is 1. The highest BCUT2D eigenvalue weighted by Crippen LogP contribution is 2.24. The summed E-state index contributed by atoms with van der Waals surface area (Å²) in [5.74, 6) is 0.309. The minimum atomic E-state index is 0.0648. The van der Waals surface area contributed by atoms with Crippen LogP contribution in [0.25, 0.3) is 0 Å². The Bertz CT molecular complexity index is 269. The van der Waals surface area contributed by atoms with Crippen molar-refractivity contribution < 1.29 is 4.79 Å². The number of hydrogen-bond donors (Lipinski definition) is 1. The second kappa shape index (κ2) is 4.72. The Morgan fingerprint density at radius 2 is 2.06 bits per heavy atom. The van der Waals surface area contributed by atoms with Crippen molar-refractivity contribution in [3.63, 3.8) is 0 Å². The van der Waals surface area contributed by atoms with Gasteiger partial charge >= 0.3 is 0 Å². The summed E-state index contributed by atoms with van der Waals surface area (Å²) in [6.07, 6.45) is 3.22. The Balaban J connectivity index is 1.96. The molecule has 4 heteroatoms. The molecule has 0 aromatic carbocycles. The molecule has 1 amide bonds. The van der Waals surface area contributed by atoms with E-state index in [2.05, 4.69) is 29.1 Å². The Labute approximate surface area is 98.0 Å². The summed E-state index contributed by atoms with van der Waals surface area (Å²) < 4.78 is 0. The minimum absolute atomic E-state index is 0.0648. The van der Waals surface area contributed by atoms with E-state index in [0.29, 0.717) is 18.0 Å². The van der Waals surface area contributed by atoms with Crippen molar-refractivity contribution in [3.05, 3.63) is 0 Å². The van der Waals surface area contributed by atoms with Gasteiger partial charge in [-0.25, -0.2) is 0 Å². The smallest absolute Gasteiger partial charge is 0.240 e. The summed E-state index contributed by atoms with van der Waals surface area (Å²) in [5.41, 5.74) is 0. The van der Waals surface area contributed by atoms with Crippen LogP contribution >= 0.6 is 0 Å². The van der Waals surface area contributed by atoms with E-state index >= 15 is 0 Å². The summed E-state index contributed by atoms with van der Waals surface area (Å²) in [5, 5.41) is 3.10. The summed E-state index contributed by atoms with van der Waals surface area (Å²) in [7, 11) is 4.05. The highest BCUT2D eigenvalue weighted by atomic mass is 16.2. The lowest BCUT2D eigenvalue weighted by atomic mass is 9.98. The second-order valence-corrected chi connectivity index (χ2v) is 5.17. The van der Waals surface area contributed by atoms with Gasteiger partial charge in [0.25, 0.3) is 0 Å². The number of likely N-dealkylation sites (tertiary alicyclic amines) is 2. The van der Waals surface area contributed by atoms with Gasteiger partial charge in [-0.3, -0.25) is 4.79 Å². The molecule has 2 aliphatic rings. The minimum Gasteiger partial charge on any atom is -0.338 e. The largest absolute Gasteiger partial charge is 0.338 e. The fourth-order valence-electron chi connectivity index (χ4n) is 2.88. The number of hydrogen-bond acceptors (Lipinski definition) is 3. The molecule has 0 aliphatic carbocycles. The lowest BCUT2D eigenvalue weighted by Crippen LogP contribution is -2.49. The molecule has 1 N–H and O–H groups in total. The molecule has 0 aromatic heterocycles. The molecule has 3 unspecified atom stereocenters. The number of rotatable bonds is 2. The first-order chi connectivity index (χ1) is 7.63. The maximum atomic E-state index is 12.1. The molecule has 2 aliphatic heterocycles. The van der Waals surface area contributed by atoms with Crippen LogP contribution in [0.1, 0.15) is 26.2 Å². The van der Waals surface area contributed by atoms with Crippen molar-refractivity contribution in [3.8, 4) is 0 Å². The molecule has 2 heterocycles. The van der Waals surface area contributed by atoms with Crippen molar-refractivity contribution in [2.75, 3.05) is 27.2 Å². The fraction of sp³-hybridized carbons (Fsp3) is 0.917. The molecule has 0 bridgehead atoms. The number of piperidine rings is 1. The zero-order valence-electron chi connectivity index (χ0n) is 10.6. The second-order valence-electron chi connectivity index (χ2n) is 5.17. The van der Waals surface area contributed by atoms with Crippen molar-refractivity contribution >= 4 is 5.91 Å². The van der Waals surface area contributed by atoms with E-state index in [1.165, 1.54) is 0 Å². The molecular weight excluding hydrogens is 202 g/mol. The van der Waals surface area contributed by atoms with E-state index in [1.807, 2.05) is 7.05 Å². The summed E-state index contributed by atoms with van der Waals surface area (Å²) in [6, 6.07) is 1.13. The van der Waals surface area contributed by atoms with Gasteiger partial charge in [-0.1, -0.05) is 0 Å². The Morgan fingerprint density at radius 1 is 1.31 bits per heavy atom. The van der Waals surface area contributed by atoms with Gasteiger partial charge in [-0.05, 0) is 40.3 Å². The SMILES string of the molecule is CNC1CCN(C2CCN(C)C(C)C2)C1=O. The third-order valence-corrected chi connectivity index (χ3v) is 4.21. The van der Waals surface area contributed by atoms with Gasteiger partial charge in [0.05, 0.1) is 6.04 Å². The molecule has 4 nitrogen and oxygen atoms in total. The lowest BCUT2D eigenvalue weighted by Gasteiger charge is -2.39. The Kier molecular flexibility index (Phi) is 3.50. The monoisotopic (exact) mass is 225 g/mol. The van der Waals surface area contributed by atoms with Gasteiger partial charge in [0.15, 0.2) is 0 Å². The zero-order chi connectivity index (χ0) is 11.7. The van der Waals surface area contributed by atoms with Gasteiger partial charge in [0.1, 0.15) is 0 Å². The summed E-state index contributed by atoms with van der Waals surface area (Å²) in [6.45, 7) is 4.30. The van der Waals surface area contributed by atoms with Gasteiger partial charge in [0, 0.05) is 25.2 Å². The number of carbonyl (C=O) groups excluding carboxylic acids is 1. The van der Waals surface area contributed by atoms with E-state index in [9.17, 15) is 4.79 Å². The van der Waals surface area contributed by atoms with Crippen LogP contribution < -0.4 is 5.32 Å². The van der Waals surface area contributed by atoms with Crippen molar-refractivity contribution in [1.29, 1.82) is 0 Å². The van der Waals surface area contributed by atoms with Crippen LogP contribution in [0.3, 0.4) is 0 Å². The number of nitrogens with one attached hydrogen (secondary N) is 1. The van der Waals surface area contributed by atoms with Crippen molar-refractivity contribution in [1.82, 2.24) is 15.1 Å². The maximum absolute atomic E-state index is 12.1. The van der Waals surface area contributed by atoms with Crippen LogP contribution in [0, 0.1) is 0 Å². The normalized spacial score (nSPS) is 37.1. The number of nitrogens with zero attached hydrogens (tertiary/aromatic N) is 2. The molecule has 0 radical (unpaired) electrons. The highest BCUT2D eigenvalue weighted by molar-refractivity contribution is 5.84. The van der Waals surface area contributed by atoms with Crippen LogP contribution in [0.15, 0.2) is 0 Å². The molecule has 2 rings (SSSR count). The van der Waals surface area contributed by atoms with E-state index < -0.39 is 0 Å². The first kappa shape index (κ1) is 11.9. The van der Waals surface area contributed by atoms with E-state index in [1.54, 1.807) is 0 Å². The third kappa shape index (κ3) is 2.09. The molecular formula is C12H23N3O. The van der Waals surface area contributed by atoms with Gasteiger partial charge in [-0.15, -0.1) is 0 Å². The molecule has 0 spiro atoms. The Hall–Kier alpha value is -0.610. The van der Waals surface area contributed by atoms with Gasteiger partial charge in [0.2, 0.25) is 5.91 Å². The maximum Gasteiger partial charge on any atom is 0.240 e.